The monoisotopic (exact) mass is 212 g/mol. The molecular formula is C9H12N2O2S. The number of hydrogen-bond donors (Lipinski definition) is 2. The van der Waals surface area contributed by atoms with E-state index < -0.39 is 10.0 Å². The van der Waals surface area contributed by atoms with E-state index in [-0.39, 0.29) is 10.9 Å². The van der Waals surface area contributed by atoms with Gasteiger partial charge in [-0.15, -0.1) is 0 Å². The minimum Gasteiger partial charge on any atom is -0.327 e. The Morgan fingerprint density at radius 2 is 1.86 bits per heavy atom. The zero-order chi connectivity index (χ0) is 10.3. The average molecular weight is 212 g/mol. The van der Waals surface area contributed by atoms with Crippen molar-refractivity contribution in [2.75, 3.05) is 0 Å². The number of primary sulfonamides is 1. The first-order chi connectivity index (χ1) is 6.47. The summed E-state index contributed by atoms with van der Waals surface area (Å²) in [6.07, 6.45) is 1.55. The standard InChI is InChI=1S/C9H12N2O2S/c10-8-3-6-1-2-9(14(11,12)13)5-7(6)4-8/h1-2,5,8H,3-4,10H2,(H2,11,12,13)/t8-/m0/s1. The van der Waals surface area contributed by atoms with Crippen LogP contribution in [-0.2, 0) is 22.9 Å². The van der Waals surface area contributed by atoms with Crippen molar-refractivity contribution < 1.29 is 8.42 Å². The van der Waals surface area contributed by atoms with Crippen molar-refractivity contribution in [3.05, 3.63) is 29.3 Å². The molecule has 0 aliphatic heterocycles. The molecular weight excluding hydrogens is 200 g/mol. The van der Waals surface area contributed by atoms with Crippen LogP contribution in [0.5, 0.6) is 0 Å². The molecule has 76 valence electrons. The van der Waals surface area contributed by atoms with Crippen LogP contribution >= 0.6 is 0 Å². The third-order valence-corrected chi connectivity index (χ3v) is 3.38. The highest BCUT2D eigenvalue weighted by molar-refractivity contribution is 7.89. The first-order valence-corrected chi connectivity index (χ1v) is 5.91. The van der Waals surface area contributed by atoms with Gasteiger partial charge < -0.3 is 5.73 Å². The molecule has 0 fully saturated rings. The highest BCUT2D eigenvalue weighted by atomic mass is 32.2. The number of fused-ring (bicyclic) bond motifs is 1. The van der Waals surface area contributed by atoms with Gasteiger partial charge in [0.1, 0.15) is 0 Å². The van der Waals surface area contributed by atoms with Gasteiger partial charge in [-0.1, -0.05) is 6.07 Å². The molecule has 0 aromatic heterocycles. The third kappa shape index (κ3) is 1.66. The molecule has 0 saturated heterocycles. The molecule has 2 rings (SSSR count). The summed E-state index contributed by atoms with van der Waals surface area (Å²) in [7, 11) is -3.58. The summed E-state index contributed by atoms with van der Waals surface area (Å²) in [4.78, 5) is 0.172. The Balaban J connectivity index is 2.48. The molecule has 0 bridgehead atoms. The second kappa shape index (κ2) is 3.05. The highest BCUT2D eigenvalue weighted by Crippen LogP contribution is 2.23. The first kappa shape index (κ1) is 9.64. The van der Waals surface area contributed by atoms with E-state index in [0.29, 0.717) is 0 Å². The van der Waals surface area contributed by atoms with Gasteiger partial charge in [0.15, 0.2) is 0 Å². The van der Waals surface area contributed by atoms with Gasteiger partial charge in [-0.3, -0.25) is 0 Å². The minimum absolute atomic E-state index is 0.112. The van der Waals surface area contributed by atoms with Gasteiger partial charge >= 0.3 is 0 Å². The Morgan fingerprint density at radius 3 is 2.50 bits per heavy atom. The van der Waals surface area contributed by atoms with Crippen LogP contribution in [-0.4, -0.2) is 14.5 Å². The molecule has 4 N–H and O–H groups in total. The highest BCUT2D eigenvalue weighted by Gasteiger charge is 2.20. The summed E-state index contributed by atoms with van der Waals surface area (Å²) in [6, 6.07) is 5.06. The molecule has 1 aliphatic carbocycles. The fourth-order valence-electron chi connectivity index (χ4n) is 1.81. The van der Waals surface area contributed by atoms with Gasteiger partial charge in [-0.2, -0.15) is 0 Å². The van der Waals surface area contributed by atoms with E-state index >= 15 is 0 Å². The van der Waals surface area contributed by atoms with E-state index in [1.165, 1.54) is 6.07 Å². The second-order valence-corrected chi connectivity index (χ2v) is 5.21. The van der Waals surface area contributed by atoms with Crippen LogP contribution in [0, 0.1) is 0 Å². The van der Waals surface area contributed by atoms with Crippen molar-refractivity contribution in [1.29, 1.82) is 0 Å². The molecule has 14 heavy (non-hydrogen) atoms. The number of hydrogen-bond acceptors (Lipinski definition) is 3. The average Bonchev–Trinajstić information content (AvgIpc) is 2.41. The fraction of sp³-hybridized carbons (Fsp3) is 0.333. The molecule has 1 atom stereocenters. The molecule has 0 amide bonds. The van der Waals surface area contributed by atoms with Gasteiger partial charge in [-0.05, 0) is 36.1 Å². The maximum atomic E-state index is 11.1. The van der Waals surface area contributed by atoms with Crippen LogP contribution in [0.3, 0.4) is 0 Å². The Bertz CT molecular complexity index is 468. The quantitative estimate of drug-likeness (QED) is 0.673. The van der Waals surface area contributed by atoms with Crippen molar-refractivity contribution in [2.45, 2.75) is 23.8 Å². The fourth-order valence-corrected chi connectivity index (χ4v) is 2.37. The second-order valence-electron chi connectivity index (χ2n) is 3.64. The van der Waals surface area contributed by atoms with Crippen LogP contribution < -0.4 is 10.9 Å². The van der Waals surface area contributed by atoms with Gasteiger partial charge in [-0.25, -0.2) is 13.6 Å². The van der Waals surface area contributed by atoms with Crippen LogP contribution in [0.25, 0.3) is 0 Å². The van der Waals surface area contributed by atoms with E-state index in [4.69, 9.17) is 10.9 Å². The lowest BCUT2D eigenvalue weighted by atomic mass is 10.1. The zero-order valence-electron chi connectivity index (χ0n) is 7.60. The van der Waals surface area contributed by atoms with Crippen LogP contribution in [0.2, 0.25) is 0 Å². The molecule has 1 aromatic rings. The molecule has 1 aliphatic rings. The van der Waals surface area contributed by atoms with E-state index in [9.17, 15) is 8.42 Å². The maximum Gasteiger partial charge on any atom is 0.238 e. The molecule has 1 aromatic carbocycles. The van der Waals surface area contributed by atoms with Crippen molar-refractivity contribution >= 4 is 10.0 Å². The van der Waals surface area contributed by atoms with Crippen molar-refractivity contribution in [3.63, 3.8) is 0 Å². The number of rotatable bonds is 1. The van der Waals surface area contributed by atoms with Crippen molar-refractivity contribution in [3.8, 4) is 0 Å². The Labute approximate surface area is 83.0 Å². The van der Waals surface area contributed by atoms with Crippen molar-refractivity contribution in [1.82, 2.24) is 0 Å². The van der Waals surface area contributed by atoms with Gasteiger partial charge in [0.05, 0.1) is 4.90 Å². The normalized spacial score (nSPS) is 20.9. The lowest BCUT2D eigenvalue weighted by molar-refractivity contribution is 0.597. The van der Waals surface area contributed by atoms with E-state index in [1.54, 1.807) is 12.1 Å². The van der Waals surface area contributed by atoms with Crippen LogP contribution in [0.4, 0.5) is 0 Å². The van der Waals surface area contributed by atoms with Gasteiger partial charge in [0, 0.05) is 6.04 Å². The lowest BCUT2D eigenvalue weighted by Gasteiger charge is -2.01. The largest absolute Gasteiger partial charge is 0.327 e. The summed E-state index contributed by atoms with van der Waals surface area (Å²) in [5.41, 5.74) is 7.90. The van der Waals surface area contributed by atoms with Crippen molar-refractivity contribution in [2.24, 2.45) is 10.9 Å². The van der Waals surface area contributed by atoms with E-state index in [1.807, 2.05) is 0 Å². The molecule has 0 saturated carbocycles. The maximum absolute atomic E-state index is 11.1. The number of sulfonamides is 1. The molecule has 0 radical (unpaired) electrons. The molecule has 0 unspecified atom stereocenters. The minimum atomic E-state index is -3.58. The topological polar surface area (TPSA) is 86.2 Å². The summed E-state index contributed by atoms with van der Waals surface area (Å²) < 4.78 is 22.1. The SMILES string of the molecule is N[C@H]1Cc2ccc(S(N)(=O)=O)cc2C1. The molecule has 0 heterocycles. The van der Waals surface area contributed by atoms with E-state index in [2.05, 4.69) is 0 Å². The van der Waals surface area contributed by atoms with Gasteiger partial charge in [0.25, 0.3) is 0 Å². The Kier molecular flexibility index (Phi) is 2.10. The zero-order valence-corrected chi connectivity index (χ0v) is 8.42. The summed E-state index contributed by atoms with van der Waals surface area (Å²) in [5, 5.41) is 5.03. The molecule has 0 spiro atoms. The number of benzene rings is 1. The Morgan fingerprint density at radius 1 is 1.21 bits per heavy atom. The summed E-state index contributed by atoms with van der Waals surface area (Å²) in [5.74, 6) is 0. The third-order valence-electron chi connectivity index (χ3n) is 2.47. The predicted molar refractivity (Wildman–Crippen MR) is 53.2 cm³/mol. The smallest absolute Gasteiger partial charge is 0.238 e. The van der Waals surface area contributed by atoms with Crippen LogP contribution in [0.1, 0.15) is 11.1 Å². The van der Waals surface area contributed by atoms with Gasteiger partial charge in [0.2, 0.25) is 10.0 Å². The summed E-state index contributed by atoms with van der Waals surface area (Å²) >= 11 is 0. The van der Waals surface area contributed by atoms with E-state index in [0.717, 1.165) is 24.0 Å². The molecule has 5 heteroatoms. The number of nitrogens with two attached hydrogens (primary N) is 2. The molecule has 4 nitrogen and oxygen atoms in total. The van der Waals surface area contributed by atoms with Crippen LogP contribution in [0.15, 0.2) is 23.1 Å². The summed E-state index contributed by atoms with van der Waals surface area (Å²) in [6.45, 7) is 0. The Hall–Kier alpha value is -0.910. The lowest BCUT2D eigenvalue weighted by Crippen LogP contribution is -2.19. The predicted octanol–water partition coefficient (Wildman–Crippen LogP) is -0.240. The first-order valence-electron chi connectivity index (χ1n) is 4.37.